The Bertz CT molecular complexity index is 348. The molecule has 20 heavy (non-hydrogen) atoms. The van der Waals surface area contributed by atoms with E-state index in [9.17, 15) is 9.59 Å². The molecule has 0 aromatic rings. The van der Waals surface area contributed by atoms with Crippen molar-refractivity contribution in [2.75, 3.05) is 20.3 Å². The summed E-state index contributed by atoms with van der Waals surface area (Å²) in [4.78, 5) is 21.2. The maximum Gasteiger partial charge on any atom is 0.311 e. The topological polar surface area (TPSA) is 61.8 Å². The third-order valence-electron chi connectivity index (χ3n) is 3.58. The van der Waals surface area contributed by atoms with Crippen LogP contribution in [0.3, 0.4) is 0 Å². The summed E-state index contributed by atoms with van der Waals surface area (Å²) in [5, 5.41) is 0. The second-order valence-corrected chi connectivity index (χ2v) is 6.67. The molecule has 2 aliphatic heterocycles. The maximum absolute atomic E-state index is 11.0. The number of hydrogen-bond acceptors (Lipinski definition) is 5. The molecule has 0 aromatic heterocycles. The average Bonchev–Trinajstić information content (AvgIpc) is 2.91. The second-order valence-electron chi connectivity index (χ2n) is 6.67. The summed E-state index contributed by atoms with van der Waals surface area (Å²) in [5.74, 6) is -0.0782. The minimum Gasteiger partial charge on any atom is -0.469 e. The van der Waals surface area contributed by atoms with Crippen molar-refractivity contribution < 1.29 is 23.8 Å². The lowest BCUT2D eigenvalue weighted by atomic mass is 9.98. The summed E-state index contributed by atoms with van der Waals surface area (Å²) in [7, 11) is 1.41. The van der Waals surface area contributed by atoms with Gasteiger partial charge in [0, 0.05) is 5.92 Å². The van der Waals surface area contributed by atoms with E-state index in [0.29, 0.717) is 13.2 Å². The molecule has 0 aliphatic carbocycles. The zero-order chi connectivity index (χ0) is 15.4. The lowest BCUT2D eigenvalue weighted by Crippen LogP contribution is -2.19. The van der Waals surface area contributed by atoms with Crippen LogP contribution in [0.5, 0.6) is 0 Å². The fourth-order valence-electron chi connectivity index (χ4n) is 2.52. The van der Waals surface area contributed by atoms with Crippen LogP contribution in [0.15, 0.2) is 0 Å². The fourth-order valence-corrected chi connectivity index (χ4v) is 2.52. The first-order valence-corrected chi connectivity index (χ1v) is 7.00. The molecule has 0 radical (unpaired) electrons. The van der Waals surface area contributed by atoms with E-state index in [1.165, 1.54) is 7.11 Å². The molecule has 116 valence electrons. The molecule has 0 bridgehead atoms. The maximum atomic E-state index is 11.0. The fraction of sp³-hybridized carbons (Fsp3) is 0.867. The predicted octanol–water partition coefficient (Wildman–Crippen LogP) is 1.97. The highest BCUT2D eigenvalue weighted by Crippen LogP contribution is 2.29. The van der Waals surface area contributed by atoms with Gasteiger partial charge in [0.05, 0.1) is 37.4 Å². The highest BCUT2D eigenvalue weighted by Gasteiger charge is 2.36. The van der Waals surface area contributed by atoms with Crippen LogP contribution in [0.4, 0.5) is 0 Å². The van der Waals surface area contributed by atoms with E-state index in [-0.39, 0.29) is 29.0 Å². The summed E-state index contributed by atoms with van der Waals surface area (Å²) in [5.41, 5.74) is -0.218. The zero-order valence-electron chi connectivity index (χ0n) is 13.1. The van der Waals surface area contributed by atoms with Gasteiger partial charge in [-0.1, -0.05) is 0 Å². The third-order valence-corrected chi connectivity index (χ3v) is 3.58. The van der Waals surface area contributed by atoms with E-state index in [1.807, 2.05) is 27.7 Å². The Labute approximate surface area is 121 Å². The summed E-state index contributed by atoms with van der Waals surface area (Å²) in [6.07, 6.45) is 2.62. The smallest absolute Gasteiger partial charge is 0.311 e. The lowest BCUT2D eigenvalue weighted by Gasteiger charge is -2.15. The first-order chi connectivity index (χ1) is 9.19. The molecule has 2 fully saturated rings. The van der Waals surface area contributed by atoms with E-state index in [2.05, 4.69) is 4.74 Å². The summed E-state index contributed by atoms with van der Waals surface area (Å²) in [6.45, 7) is 9.09. The molecule has 2 atom stereocenters. The van der Waals surface area contributed by atoms with Crippen molar-refractivity contribution in [3.05, 3.63) is 0 Å². The van der Waals surface area contributed by atoms with Gasteiger partial charge in [-0.15, -0.1) is 0 Å². The molecule has 5 nitrogen and oxygen atoms in total. The lowest BCUT2D eigenvalue weighted by molar-refractivity contribution is -0.145. The molecule has 2 rings (SSSR count). The molecule has 0 N–H and O–H groups in total. The summed E-state index contributed by atoms with van der Waals surface area (Å²) >= 11 is 0. The van der Waals surface area contributed by atoms with Crippen molar-refractivity contribution in [2.24, 2.45) is 11.8 Å². The first kappa shape index (κ1) is 17.1. The van der Waals surface area contributed by atoms with Crippen LogP contribution < -0.4 is 0 Å². The number of carbonyl (C=O) groups is 2. The molecule has 5 heteroatoms. The number of methoxy groups -OCH3 is 1. The van der Waals surface area contributed by atoms with E-state index in [4.69, 9.17) is 9.47 Å². The van der Waals surface area contributed by atoms with E-state index < -0.39 is 0 Å². The van der Waals surface area contributed by atoms with Crippen molar-refractivity contribution in [3.8, 4) is 0 Å². The normalized spacial score (nSPS) is 30.2. The van der Waals surface area contributed by atoms with Crippen LogP contribution in [0.25, 0.3) is 0 Å². The summed E-state index contributed by atoms with van der Waals surface area (Å²) < 4.78 is 15.3. The van der Waals surface area contributed by atoms with E-state index >= 15 is 0 Å². The Balaban J connectivity index is 0.000000204. The number of aldehydes is 1. The Kier molecular flexibility index (Phi) is 5.71. The molecule has 2 aliphatic rings. The second kappa shape index (κ2) is 6.68. The summed E-state index contributed by atoms with van der Waals surface area (Å²) in [6, 6.07) is 0. The molecular formula is C15H26O5. The van der Waals surface area contributed by atoms with Gasteiger partial charge in [0.15, 0.2) is 0 Å². The number of rotatable bonds is 2. The average molecular weight is 286 g/mol. The van der Waals surface area contributed by atoms with Crippen molar-refractivity contribution in [3.63, 3.8) is 0 Å². The van der Waals surface area contributed by atoms with Crippen LogP contribution in [0.2, 0.25) is 0 Å². The number of carbonyl (C=O) groups excluding carboxylic acids is 2. The zero-order valence-corrected chi connectivity index (χ0v) is 13.1. The molecule has 0 aromatic carbocycles. The Morgan fingerprint density at radius 1 is 1.10 bits per heavy atom. The number of ether oxygens (including phenoxy) is 3. The van der Waals surface area contributed by atoms with Gasteiger partial charge in [-0.05, 0) is 40.5 Å². The number of hydrogen-bond donors (Lipinski definition) is 0. The minimum atomic E-state index is -0.157. The van der Waals surface area contributed by atoms with Gasteiger partial charge in [-0.2, -0.15) is 0 Å². The molecule has 2 heterocycles. The van der Waals surface area contributed by atoms with Gasteiger partial charge in [0.2, 0.25) is 0 Å². The van der Waals surface area contributed by atoms with Crippen LogP contribution in [-0.2, 0) is 23.8 Å². The number of esters is 1. The van der Waals surface area contributed by atoms with Crippen molar-refractivity contribution in [1.29, 1.82) is 0 Å². The molecule has 0 unspecified atom stereocenters. The van der Waals surface area contributed by atoms with Gasteiger partial charge < -0.3 is 19.0 Å². The Hall–Kier alpha value is -0.940. The largest absolute Gasteiger partial charge is 0.469 e. The Morgan fingerprint density at radius 2 is 1.65 bits per heavy atom. The monoisotopic (exact) mass is 286 g/mol. The standard InChI is InChI=1S/C8H14O3.C7H12O2/c1-8(2)4-6(5-11-8)7(9)10-3;1-7(2)3-6(4-8)5-9-7/h6H,4-5H2,1-3H3;4,6H,3,5H2,1-2H3/t2*6-/m10/s1. The van der Waals surface area contributed by atoms with Gasteiger partial charge in [-0.3, -0.25) is 4.79 Å². The molecule has 0 spiro atoms. The van der Waals surface area contributed by atoms with E-state index in [0.717, 1.165) is 19.1 Å². The third kappa shape index (κ3) is 5.21. The SMILES string of the molecule is CC1(C)C[C@@H](C=O)CO1.COC(=O)[C@H]1COC(C)(C)C1. The molecule has 2 saturated heterocycles. The van der Waals surface area contributed by atoms with E-state index in [1.54, 1.807) is 0 Å². The van der Waals surface area contributed by atoms with Gasteiger partial charge in [0.25, 0.3) is 0 Å². The van der Waals surface area contributed by atoms with Gasteiger partial charge in [-0.25, -0.2) is 0 Å². The van der Waals surface area contributed by atoms with Gasteiger partial charge in [0.1, 0.15) is 6.29 Å². The highest BCUT2D eigenvalue weighted by atomic mass is 16.5. The van der Waals surface area contributed by atoms with Gasteiger partial charge >= 0.3 is 5.97 Å². The van der Waals surface area contributed by atoms with Crippen LogP contribution in [-0.4, -0.2) is 43.8 Å². The minimum absolute atomic E-state index is 0.0602. The molecular weight excluding hydrogens is 260 g/mol. The van der Waals surface area contributed by atoms with Crippen LogP contribution in [0, 0.1) is 11.8 Å². The van der Waals surface area contributed by atoms with Crippen LogP contribution in [0.1, 0.15) is 40.5 Å². The molecule has 0 amide bonds. The predicted molar refractivity (Wildman–Crippen MR) is 74.4 cm³/mol. The molecule has 0 saturated carbocycles. The highest BCUT2D eigenvalue weighted by molar-refractivity contribution is 5.72. The Morgan fingerprint density at radius 3 is 1.95 bits per heavy atom. The first-order valence-electron chi connectivity index (χ1n) is 7.00. The van der Waals surface area contributed by atoms with Crippen molar-refractivity contribution in [2.45, 2.75) is 51.7 Å². The quantitative estimate of drug-likeness (QED) is 0.574. The van der Waals surface area contributed by atoms with Crippen molar-refractivity contribution >= 4 is 12.3 Å². The van der Waals surface area contributed by atoms with Crippen LogP contribution >= 0.6 is 0 Å². The van der Waals surface area contributed by atoms with Crippen molar-refractivity contribution in [1.82, 2.24) is 0 Å².